The van der Waals surface area contributed by atoms with Gasteiger partial charge in [-0.05, 0) is 13.0 Å². The number of hydrogen-bond acceptors (Lipinski definition) is 5. The number of amides is 1. The number of fused-ring (bicyclic) bond motifs is 1. The predicted molar refractivity (Wildman–Crippen MR) is 89.8 cm³/mol. The Kier molecular flexibility index (Phi) is 4.54. The number of ether oxygens (including phenoxy) is 2. The van der Waals surface area contributed by atoms with Crippen LogP contribution in [0, 0.1) is 0 Å². The van der Waals surface area contributed by atoms with Gasteiger partial charge in [-0.2, -0.15) is 0 Å². The lowest BCUT2D eigenvalue weighted by Gasteiger charge is -2.11. The minimum absolute atomic E-state index is 0.0240. The quantitative estimate of drug-likeness (QED) is 0.798. The van der Waals surface area contributed by atoms with Crippen molar-refractivity contribution < 1.29 is 19.1 Å². The lowest BCUT2D eigenvalue weighted by atomic mass is 10.1. The van der Waals surface area contributed by atoms with Gasteiger partial charge in [0.2, 0.25) is 6.79 Å². The average Bonchev–Trinajstić information content (AvgIpc) is 2.99. The van der Waals surface area contributed by atoms with E-state index in [9.17, 15) is 9.59 Å². The zero-order chi connectivity index (χ0) is 17.4. The van der Waals surface area contributed by atoms with E-state index in [2.05, 4.69) is 10.3 Å². The summed E-state index contributed by atoms with van der Waals surface area (Å²) in [4.78, 5) is 28.1. The van der Waals surface area contributed by atoms with Crippen molar-refractivity contribution in [2.75, 3.05) is 12.1 Å². The first-order valence-corrected chi connectivity index (χ1v) is 7.77. The highest BCUT2D eigenvalue weighted by Crippen LogP contribution is 2.38. The summed E-state index contributed by atoms with van der Waals surface area (Å²) in [5, 5.41) is 2.66. The molecule has 1 N–H and O–H groups in total. The molecule has 2 aromatic rings. The Morgan fingerprint density at radius 1 is 1.12 bits per heavy atom. The molecule has 1 aromatic heterocycles. The van der Waals surface area contributed by atoms with E-state index in [1.54, 1.807) is 0 Å². The standard InChI is InChI=1S/C15H9Cl3N2O4/c1-6(21)7-2-10-11(24-5-23-10)3-9(7)20-15(22)14-13(18)12(17)8(16)4-19-14/h2-4H,5H2,1H3,(H,20,22). The van der Waals surface area contributed by atoms with Crippen LogP contribution in [0.15, 0.2) is 18.3 Å². The molecule has 9 heteroatoms. The van der Waals surface area contributed by atoms with Gasteiger partial charge in [-0.3, -0.25) is 9.59 Å². The maximum Gasteiger partial charge on any atom is 0.275 e. The lowest BCUT2D eigenvalue weighted by Crippen LogP contribution is -2.16. The Hall–Kier alpha value is -2.02. The smallest absolute Gasteiger partial charge is 0.275 e. The Balaban J connectivity index is 1.98. The molecular weight excluding hydrogens is 379 g/mol. The number of anilines is 1. The molecule has 0 unspecified atom stereocenters. The highest BCUT2D eigenvalue weighted by atomic mass is 35.5. The van der Waals surface area contributed by atoms with Gasteiger partial charge in [-0.1, -0.05) is 34.8 Å². The van der Waals surface area contributed by atoms with Crippen LogP contribution in [0.5, 0.6) is 11.5 Å². The number of halogens is 3. The molecule has 2 heterocycles. The summed E-state index contributed by atoms with van der Waals surface area (Å²) in [6.07, 6.45) is 1.22. The van der Waals surface area contributed by atoms with Crippen LogP contribution in [0.3, 0.4) is 0 Å². The van der Waals surface area contributed by atoms with Crippen molar-refractivity contribution in [3.05, 3.63) is 44.7 Å². The third-order valence-electron chi connectivity index (χ3n) is 3.27. The Morgan fingerprint density at radius 3 is 2.46 bits per heavy atom. The molecule has 1 aromatic carbocycles. The molecule has 0 atom stereocenters. The fourth-order valence-electron chi connectivity index (χ4n) is 2.12. The molecule has 0 bridgehead atoms. The normalized spacial score (nSPS) is 12.2. The fraction of sp³-hybridized carbons (Fsp3) is 0.133. The highest BCUT2D eigenvalue weighted by molar-refractivity contribution is 6.49. The molecule has 1 aliphatic heterocycles. The van der Waals surface area contributed by atoms with Gasteiger partial charge in [-0.25, -0.2) is 4.98 Å². The highest BCUT2D eigenvalue weighted by Gasteiger charge is 2.23. The number of carbonyl (C=O) groups is 2. The number of rotatable bonds is 3. The number of nitrogens with one attached hydrogen (secondary N) is 1. The first-order valence-electron chi connectivity index (χ1n) is 6.64. The Bertz CT molecular complexity index is 870. The third kappa shape index (κ3) is 3.00. The van der Waals surface area contributed by atoms with Gasteiger partial charge in [-0.15, -0.1) is 0 Å². The Morgan fingerprint density at radius 2 is 1.79 bits per heavy atom. The third-order valence-corrected chi connectivity index (χ3v) is 4.51. The fourth-order valence-corrected chi connectivity index (χ4v) is 2.69. The van der Waals surface area contributed by atoms with Gasteiger partial charge in [0.15, 0.2) is 17.3 Å². The molecule has 0 fully saturated rings. The van der Waals surface area contributed by atoms with Gasteiger partial charge in [0.25, 0.3) is 5.91 Å². The van der Waals surface area contributed by atoms with Gasteiger partial charge in [0, 0.05) is 17.8 Å². The predicted octanol–water partition coefficient (Wildman–Crippen LogP) is 4.23. The monoisotopic (exact) mass is 386 g/mol. The molecular formula is C15H9Cl3N2O4. The number of pyridine rings is 1. The van der Waals surface area contributed by atoms with E-state index in [0.717, 1.165) is 0 Å². The first-order chi connectivity index (χ1) is 11.4. The van der Waals surface area contributed by atoms with Crippen molar-refractivity contribution >= 4 is 52.2 Å². The SMILES string of the molecule is CC(=O)c1cc2c(cc1NC(=O)c1ncc(Cl)c(Cl)c1Cl)OCO2. The van der Waals surface area contributed by atoms with E-state index in [0.29, 0.717) is 11.5 Å². The second-order valence-corrected chi connectivity index (χ2v) is 6.01. The van der Waals surface area contributed by atoms with Crippen LogP contribution in [-0.2, 0) is 0 Å². The second kappa shape index (κ2) is 6.47. The number of Topliss-reactive ketones (excluding diaryl/α,β-unsaturated/α-hetero) is 1. The molecule has 3 rings (SSSR count). The number of ketones is 1. The molecule has 1 amide bonds. The van der Waals surface area contributed by atoms with E-state index in [1.807, 2.05) is 0 Å². The molecule has 0 aliphatic carbocycles. The van der Waals surface area contributed by atoms with Crippen molar-refractivity contribution in [1.29, 1.82) is 0 Å². The van der Waals surface area contributed by atoms with E-state index >= 15 is 0 Å². The summed E-state index contributed by atoms with van der Waals surface area (Å²) in [5.74, 6) is -0.0379. The molecule has 0 saturated carbocycles. The van der Waals surface area contributed by atoms with Crippen molar-refractivity contribution in [3.63, 3.8) is 0 Å². The summed E-state index contributed by atoms with van der Waals surface area (Å²) in [6, 6.07) is 3.01. The van der Waals surface area contributed by atoms with E-state index in [1.165, 1.54) is 25.3 Å². The minimum Gasteiger partial charge on any atom is -0.454 e. The van der Waals surface area contributed by atoms with Crippen LogP contribution in [-0.4, -0.2) is 23.5 Å². The number of hydrogen-bond donors (Lipinski definition) is 1. The van der Waals surface area contributed by atoms with Crippen LogP contribution < -0.4 is 14.8 Å². The molecule has 124 valence electrons. The second-order valence-electron chi connectivity index (χ2n) is 4.84. The van der Waals surface area contributed by atoms with E-state index in [4.69, 9.17) is 44.3 Å². The lowest BCUT2D eigenvalue weighted by molar-refractivity contribution is 0.101. The minimum atomic E-state index is -0.639. The maximum absolute atomic E-state index is 12.4. The van der Waals surface area contributed by atoms with Crippen molar-refractivity contribution in [2.24, 2.45) is 0 Å². The summed E-state index contributed by atoms with van der Waals surface area (Å²) in [6.45, 7) is 1.42. The summed E-state index contributed by atoms with van der Waals surface area (Å²) in [5.41, 5.74) is 0.405. The number of benzene rings is 1. The first kappa shape index (κ1) is 16.8. The van der Waals surface area contributed by atoms with E-state index in [-0.39, 0.29) is 44.6 Å². The molecule has 1 aliphatic rings. The number of nitrogens with zero attached hydrogens (tertiary/aromatic N) is 1. The average molecular weight is 388 g/mol. The topological polar surface area (TPSA) is 77.5 Å². The number of carbonyl (C=O) groups excluding carboxylic acids is 2. The molecule has 0 radical (unpaired) electrons. The van der Waals surface area contributed by atoms with Gasteiger partial charge >= 0.3 is 0 Å². The van der Waals surface area contributed by atoms with Crippen LogP contribution in [0.2, 0.25) is 15.1 Å². The summed E-state index contributed by atoms with van der Waals surface area (Å²) >= 11 is 17.7. The maximum atomic E-state index is 12.4. The molecule has 6 nitrogen and oxygen atoms in total. The summed E-state index contributed by atoms with van der Waals surface area (Å²) in [7, 11) is 0. The Labute approximate surface area is 151 Å². The van der Waals surface area contributed by atoms with Crippen LogP contribution in [0.25, 0.3) is 0 Å². The largest absolute Gasteiger partial charge is 0.454 e. The zero-order valence-electron chi connectivity index (χ0n) is 12.2. The molecule has 24 heavy (non-hydrogen) atoms. The van der Waals surface area contributed by atoms with Crippen LogP contribution >= 0.6 is 34.8 Å². The number of aromatic nitrogens is 1. The van der Waals surface area contributed by atoms with Crippen molar-refractivity contribution in [1.82, 2.24) is 4.98 Å². The van der Waals surface area contributed by atoms with Gasteiger partial charge in [0.05, 0.1) is 20.8 Å². The van der Waals surface area contributed by atoms with Crippen molar-refractivity contribution in [3.8, 4) is 11.5 Å². The van der Waals surface area contributed by atoms with Crippen LogP contribution in [0.4, 0.5) is 5.69 Å². The zero-order valence-corrected chi connectivity index (χ0v) is 14.4. The van der Waals surface area contributed by atoms with Crippen LogP contribution in [0.1, 0.15) is 27.8 Å². The van der Waals surface area contributed by atoms with Gasteiger partial charge < -0.3 is 14.8 Å². The molecule has 0 saturated heterocycles. The van der Waals surface area contributed by atoms with E-state index < -0.39 is 5.91 Å². The van der Waals surface area contributed by atoms with Crippen molar-refractivity contribution in [2.45, 2.75) is 6.92 Å². The van der Waals surface area contributed by atoms with Gasteiger partial charge in [0.1, 0.15) is 5.69 Å². The molecule has 0 spiro atoms. The summed E-state index contributed by atoms with van der Waals surface area (Å²) < 4.78 is 10.5.